The molecule has 10 heteroatoms. The molecule has 0 aliphatic heterocycles. The van der Waals surface area contributed by atoms with E-state index in [2.05, 4.69) is 25.3 Å². The Balaban J connectivity index is 1.23. The predicted octanol–water partition coefficient (Wildman–Crippen LogP) is 5.52. The third kappa shape index (κ3) is 6.05. The fourth-order valence-electron chi connectivity index (χ4n) is 3.19. The lowest BCUT2D eigenvalue weighted by molar-refractivity contribution is 0.483. The molecule has 0 aliphatic carbocycles. The average molecular weight is 501 g/mol. The van der Waals surface area contributed by atoms with Gasteiger partial charge in [0.1, 0.15) is 11.5 Å². The first-order valence-electron chi connectivity index (χ1n) is 10.6. The van der Waals surface area contributed by atoms with E-state index in [4.69, 9.17) is 10.5 Å². The summed E-state index contributed by atoms with van der Waals surface area (Å²) in [4.78, 5) is 28.0. The smallest absolute Gasteiger partial charge is 0.252 e. The molecule has 0 bridgehead atoms. The standard InChI is InChI=1S/C25H20N6O2S2/c26-23(27-16-10-12-19(13-11-16)33-18-6-2-1-3-7-18)31-24-28-17(14-22(32)30-24)15-34-25-29-20-8-4-5-9-21(20)35-25/h1-14H,15H2,(H4,26,27,28,30,31,32). The molecule has 0 saturated carbocycles. The summed E-state index contributed by atoms with van der Waals surface area (Å²) in [5, 5.41) is 2.99. The van der Waals surface area contributed by atoms with Gasteiger partial charge in [-0.3, -0.25) is 9.78 Å². The van der Waals surface area contributed by atoms with Crippen molar-refractivity contribution in [2.24, 2.45) is 10.7 Å². The maximum Gasteiger partial charge on any atom is 0.252 e. The molecule has 0 amide bonds. The number of anilines is 1. The number of rotatable bonds is 7. The number of thioether (sulfide) groups is 1. The summed E-state index contributed by atoms with van der Waals surface area (Å²) in [6, 6.07) is 26.2. The number of nitrogens with two attached hydrogens (primary N) is 1. The number of benzene rings is 3. The second kappa shape index (κ2) is 10.4. The van der Waals surface area contributed by atoms with Gasteiger partial charge in [0.05, 0.1) is 15.9 Å². The average Bonchev–Trinajstić information content (AvgIpc) is 3.27. The third-order valence-corrected chi connectivity index (χ3v) is 6.94. The zero-order chi connectivity index (χ0) is 24.0. The van der Waals surface area contributed by atoms with Crippen LogP contribution in [0.2, 0.25) is 0 Å². The van der Waals surface area contributed by atoms with Crippen LogP contribution in [0, 0.1) is 0 Å². The van der Waals surface area contributed by atoms with Gasteiger partial charge < -0.3 is 15.8 Å². The Morgan fingerprint density at radius 1 is 1.00 bits per heavy atom. The number of hydrogen-bond donors (Lipinski definition) is 3. The van der Waals surface area contributed by atoms with Gasteiger partial charge in [-0.1, -0.05) is 42.1 Å². The van der Waals surface area contributed by atoms with E-state index in [1.165, 1.54) is 17.8 Å². The minimum Gasteiger partial charge on any atom is -0.457 e. The van der Waals surface area contributed by atoms with Crippen LogP contribution in [-0.2, 0) is 5.75 Å². The summed E-state index contributed by atoms with van der Waals surface area (Å²) in [7, 11) is 0. The van der Waals surface area contributed by atoms with Gasteiger partial charge in [0.15, 0.2) is 4.34 Å². The fraction of sp³-hybridized carbons (Fsp3) is 0.0400. The number of nitrogens with one attached hydrogen (secondary N) is 2. The number of aromatic amines is 1. The van der Waals surface area contributed by atoms with E-state index in [-0.39, 0.29) is 17.5 Å². The molecule has 174 valence electrons. The van der Waals surface area contributed by atoms with Gasteiger partial charge in [-0.2, -0.15) is 4.99 Å². The van der Waals surface area contributed by atoms with Gasteiger partial charge in [-0.15, -0.1) is 11.3 Å². The second-order valence-electron chi connectivity index (χ2n) is 7.36. The lowest BCUT2D eigenvalue weighted by Gasteiger charge is -2.08. The lowest BCUT2D eigenvalue weighted by Crippen LogP contribution is -2.22. The number of ether oxygens (including phenoxy) is 1. The number of H-pyrrole nitrogens is 1. The van der Waals surface area contributed by atoms with E-state index < -0.39 is 0 Å². The molecule has 8 nitrogen and oxygen atoms in total. The summed E-state index contributed by atoms with van der Waals surface area (Å²) in [6.07, 6.45) is 0. The number of para-hydroxylation sites is 2. The molecule has 0 fully saturated rings. The zero-order valence-corrected chi connectivity index (χ0v) is 20.0. The predicted molar refractivity (Wildman–Crippen MR) is 142 cm³/mol. The molecule has 2 aromatic heterocycles. The van der Waals surface area contributed by atoms with Crippen LogP contribution in [0.5, 0.6) is 11.5 Å². The fourth-order valence-corrected chi connectivity index (χ4v) is 5.15. The number of nitrogens with zero attached hydrogens (tertiary/aromatic N) is 3. The van der Waals surface area contributed by atoms with Crippen LogP contribution in [0.15, 0.2) is 99.1 Å². The van der Waals surface area contributed by atoms with Crippen molar-refractivity contribution in [1.29, 1.82) is 0 Å². The van der Waals surface area contributed by atoms with Crippen LogP contribution in [0.25, 0.3) is 10.2 Å². The summed E-state index contributed by atoms with van der Waals surface area (Å²) >= 11 is 3.13. The molecule has 2 heterocycles. The number of guanidine groups is 1. The Morgan fingerprint density at radius 3 is 2.54 bits per heavy atom. The maximum atomic E-state index is 12.1. The molecule has 35 heavy (non-hydrogen) atoms. The van der Waals surface area contributed by atoms with E-state index >= 15 is 0 Å². The molecule has 4 N–H and O–H groups in total. The van der Waals surface area contributed by atoms with E-state index in [0.29, 0.717) is 17.2 Å². The summed E-state index contributed by atoms with van der Waals surface area (Å²) in [6.45, 7) is 0. The van der Waals surface area contributed by atoms with Gasteiger partial charge in [-0.05, 0) is 48.5 Å². The topological polar surface area (TPSA) is 118 Å². The molecule has 0 radical (unpaired) electrons. The van der Waals surface area contributed by atoms with Crippen molar-refractivity contribution in [3.05, 3.63) is 101 Å². The molecular formula is C25H20N6O2S2. The minimum atomic E-state index is -0.297. The molecular weight excluding hydrogens is 480 g/mol. The van der Waals surface area contributed by atoms with Gasteiger partial charge in [0, 0.05) is 17.5 Å². The molecule has 5 rings (SSSR count). The minimum absolute atomic E-state index is 0.0980. The highest BCUT2D eigenvalue weighted by Crippen LogP contribution is 2.31. The van der Waals surface area contributed by atoms with E-state index in [0.717, 1.165) is 26.0 Å². The maximum absolute atomic E-state index is 12.1. The lowest BCUT2D eigenvalue weighted by atomic mass is 10.3. The number of aromatic nitrogens is 3. The Hall–Kier alpha value is -4.15. The zero-order valence-electron chi connectivity index (χ0n) is 18.3. The molecule has 0 atom stereocenters. The Morgan fingerprint density at radius 2 is 1.74 bits per heavy atom. The molecule has 0 spiro atoms. The Bertz CT molecular complexity index is 1500. The number of fused-ring (bicyclic) bond motifs is 1. The van der Waals surface area contributed by atoms with E-state index in [1.54, 1.807) is 11.3 Å². The van der Waals surface area contributed by atoms with Crippen LogP contribution >= 0.6 is 23.1 Å². The van der Waals surface area contributed by atoms with Crippen molar-refractivity contribution >= 4 is 50.9 Å². The summed E-state index contributed by atoms with van der Waals surface area (Å²) in [5.41, 5.74) is 8.01. The SMILES string of the molecule is N/C(=N\c1nc(CSc2nc3ccccc3s2)cc(=O)[nH]1)Nc1ccc(Oc2ccccc2)cc1. The van der Waals surface area contributed by atoms with Crippen LogP contribution in [0.3, 0.4) is 0 Å². The van der Waals surface area contributed by atoms with Crippen molar-refractivity contribution in [3.8, 4) is 11.5 Å². The molecule has 0 unspecified atom stereocenters. The molecule has 0 saturated heterocycles. The largest absolute Gasteiger partial charge is 0.457 e. The molecule has 3 aromatic carbocycles. The van der Waals surface area contributed by atoms with Crippen molar-refractivity contribution in [2.45, 2.75) is 10.1 Å². The van der Waals surface area contributed by atoms with Crippen LogP contribution < -0.4 is 21.3 Å². The summed E-state index contributed by atoms with van der Waals surface area (Å²) < 4.78 is 7.83. The highest BCUT2D eigenvalue weighted by atomic mass is 32.2. The monoisotopic (exact) mass is 500 g/mol. The first-order valence-corrected chi connectivity index (χ1v) is 12.4. The second-order valence-corrected chi connectivity index (χ2v) is 9.61. The van der Waals surface area contributed by atoms with Crippen molar-refractivity contribution in [1.82, 2.24) is 15.0 Å². The van der Waals surface area contributed by atoms with Crippen molar-refractivity contribution in [2.75, 3.05) is 5.32 Å². The van der Waals surface area contributed by atoms with Gasteiger partial charge in [-0.25, -0.2) is 9.97 Å². The summed E-state index contributed by atoms with van der Waals surface area (Å²) in [5.74, 6) is 2.17. The van der Waals surface area contributed by atoms with Crippen molar-refractivity contribution in [3.63, 3.8) is 0 Å². The first kappa shape index (κ1) is 22.6. The number of aliphatic imine (C=N–C) groups is 1. The highest BCUT2D eigenvalue weighted by molar-refractivity contribution is 8.00. The van der Waals surface area contributed by atoms with E-state index in [9.17, 15) is 4.79 Å². The quantitative estimate of drug-likeness (QED) is 0.153. The third-order valence-electron chi connectivity index (χ3n) is 4.73. The van der Waals surface area contributed by atoms with Crippen LogP contribution in [0.4, 0.5) is 11.6 Å². The van der Waals surface area contributed by atoms with Gasteiger partial charge in [0.25, 0.3) is 5.56 Å². The normalized spacial score (nSPS) is 11.5. The van der Waals surface area contributed by atoms with Gasteiger partial charge >= 0.3 is 0 Å². The Kier molecular flexibility index (Phi) is 6.73. The van der Waals surface area contributed by atoms with Crippen molar-refractivity contribution < 1.29 is 4.74 Å². The number of hydrogen-bond acceptors (Lipinski definition) is 7. The van der Waals surface area contributed by atoms with E-state index in [1.807, 2.05) is 78.9 Å². The van der Waals surface area contributed by atoms with Crippen LogP contribution in [-0.4, -0.2) is 20.9 Å². The first-order chi connectivity index (χ1) is 17.1. The molecule has 0 aliphatic rings. The Labute approximate surface area is 208 Å². The van der Waals surface area contributed by atoms with Crippen LogP contribution in [0.1, 0.15) is 5.69 Å². The highest BCUT2D eigenvalue weighted by Gasteiger charge is 2.07. The molecule has 5 aromatic rings. The number of thiazole rings is 1. The van der Waals surface area contributed by atoms with Gasteiger partial charge in [0.2, 0.25) is 11.9 Å².